The topological polar surface area (TPSA) is 111 Å². The highest BCUT2D eigenvalue weighted by molar-refractivity contribution is 5.92. The number of hydrogen-bond donors (Lipinski definition) is 3. The summed E-state index contributed by atoms with van der Waals surface area (Å²) in [6, 6.07) is 10.2. The van der Waals surface area contributed by atoms with Crippen LogP contribution in [0.15, 0.2) is 36.7 Å². The second-order valence-corrected chi connectivity index (χ2v) is 9.83. The molecule has 0 radical (unpaired) electrons. The van der Waals surface area contributed by atoms with E-state index in [1.54, 1.807) is 25.1 Å². The van der Waals surface area contributed by atoms with Crippen molar-refractivity contribution in [3.05, 3.63) is 53.5 Å². The van der Waals surface area contributed by atoms with Crippen LogP contribution >= 0.6 is 0 Å². The number of aliphatic hydroxyl groups is 1. The van der Waals surface area contributed by atoms with E-state index < -0.39 is 6.10 Å². The molecule has 0 spiro atoms. The molecule has 1 saturated carbocycles. The van der Waals surface area contributed by atoms with Crippen molar-refractivity contribution in [1.82, 2.24) is 25.1 Å². The molecule has 1 fully saturated rings. The summed E-state index contributed by atoms with van der Waals surface area (Å²) in [4.78, 5) is 37.0. The minimum absolute atomic E-state index is 0.0842. The number of carbonyl (C=O) groups is 2. The average molecular weight is 481 g/mol. The van der Waals surface area contributed by atoms with Gasteiger partial charge in [0.05, 0.1) is 6.10 Å². The third-order valence-corrected chi connectivity index (χ3v) is 6.95. The fraction of sp³-hybridized carbons (Fsp3) is 0.538. The Kier molecular flexibility index (Phi) is 8.30. The zero-order valence-electron chi connectivity index (χ0n) is 20.6. The monoisotopic (exact) mass is 480 g/mol. The number of nitrogens with zero attached hydrogens (tertiary/aromatic N) is 4. The molecule has 2 amide bonds. The second-order valence-electron chi connectivity index (χ2n) is 9.83. The lowest BCUT2D eigenvalue weighted by Gasteiger charge is -2.30. The van der Waals surface area contributed by atoms with Crippen molar-refractivity contribution in [3.63, 3.8) is 0 Å². The SMILES string of the molecule is CN(C)C(=O)[C@H]1CC[C@@H](Nc2cc(C(=O)NC[C@H](O)CN3CCc4ccccc4C3)ncn2)CC1. The lowest BCUT2D eigenvalue weighted by molar-refractivity contribution is -0.133. The number of β-amino-alcohol motifs (C(OH)–C–C–N with tert-alkyl or cyclic N) is 1. The molecular weight excluding hydrogens is 444 g/mol. The Bertz CT molecular complexity index is 1020. The smallest absolute Gasteiger partial charge is 0.270 e. The second kappa shape index (κ2) is 11.6. The summed E-state index contributed by atoms with van der Waals surface area (Å²) in [5.41, 5.74) is 2.93. The van der Waals surface area contributed by atoms with E-state index >= 15 is 0 Å². The number of anilines is 1. The van der Waals surface area contributed by atoms with Gasteiger partial charge in [0.25, 0.3) is 5.91 Å². The predicted molar refractivity (Wildman–Crippen MR) is 134 cm³/mol. The van der Waals surface area contributed by atoms with Gasteiger partial charge < -0.3 is 20.6 Å². The maximum atomic E-state index is 12.6. The number of rotatable bonds is 8. The first-order valence-corrected chi connectivity index (χ1v) is 12.4. The van der Waals surface area contributed by atoms with Gasteiger partial charge in [0.1, 0.15) is 17.8 Å². The van der Waals surface area contributed by atoms with Crippen molar-refractivity contribution in [1.29, 1.82) is 0 Å². The zero-order chi connectivity index (χ0) is 24.8. The lowest BCUT2D eigenvalue weighted by Crippen LogP contribution is -2.42. The molecular formula is C26H36N6O3. The van der Waals surface area contributed by atoms with Gasteiger partial charge in [-0.2, -0.15) is 0 Å². The van der Waals surface area contributed by atoms with Gasteiger partial charge in [0.2, 0.25) is 5.91 Å². The number of benzene rings is 1. The molecule has 1 aromatic heterocycles. The van der Waals surface area contributed by atoms with Crippen LogP contribution in [-0.4, -0.2) is 82.6 Å². The Morgan fingerprint density at radius 1 is 1.14 bits per heavy atom. The van der Waals surface area contributed by atoms with Crippen molar-refractivity contribution < 1.29 is 14.7 Å². The molecule has 2 heterocycles. The molecule has 1 aliphatic carbocycles. The first kappa shape index (κ1) is 25.1. The Morgan fingerprint density at radius 3 is 2.63 bits per heavy atom. The first-order valence-electron chi connectivity index (χ1n) is 12.4. The number of carbonyl (C=O) groups excluding carboxylic acids is 2. The molecule has 2 aromatic rings. The summed E-state index contributed by atoms with van der Waals surface area (Å²) in [5.74, 6) is 0.538. The van der Waals surface area contributed by atoms with E-state index in [-0.39, 0.29) is 36.0 Å². The number of amides is 2. The van der Waals surface area contributed by atoms with Crippen molar-refractivity contribution in [2.75, 3.05) is 39.0 Å². The third kappa shape index (κ3) is 6.76. The van der Waals surface area contributed by atoms with Gasteiger partial charge in [-0.05, 0) is 43.2 Å². The van der Waals surface area contributed by atoms with Crippen LogP contribution in [0, 0.1) is 5.92 Å². The van der Waals surface area contributed by atoms with E-state index in [1.165, 1.54) is 17.5 Å². The van der Waals surface area contributed by atoms with Crippen LogP contribution in [-0.2, 0) is 17.8 Å². The molecule has 1 atom stereocenters. The summed E-state index contributed by atoms with van der Waals surface area (Å²) in [6.07, 6.45) is 5.12. The van der Waals surface area contributed by atoms with E-state index in [9.17, 15) is 14.7 Å². The van der Waals surface area contributed by atoms with Crippen molar-refractivity contribution in [2.45, 2.75) is 50.8 Å². The van der Waals surface area contributed by atoms with Crippen molar-refractivity contribution in [3.8, 4) is 0 Å². The maximum absolute atomic E-state index is 12.6. The third-order valence-electron chi connectivity index (χ3n) is 6.95. The highest BCUT2D eigenvalue weighted by Gasteiger charge is 2.27. The number of hydrogen-bond acceptors (Lipinski definition) is 7. The minimum atomic E-state index is -0.663. The molecule has 0 bridgehead atoms. The number of fused-ring (bicyclic) bond motifs is 1. The van der Waals surface area contributed by atoms with Crippen molar-refractivity contribution >= 4 is 17.6 Å². The largest absolute Gasteiger partial charge is 0.390 e. The Hall–Kier alpha value is -3.04. The fourth-order valence-corrected chi connectivity index (χ4v) is 4.99. The Balaban J connectivity index is 1.22. The van der Waals surface area contributed by atoms with E-state index in [1.807, 2.05) is 6.07 Å². The summed E-state index contributed by atoms with van der Waals surface area (Å²) in [5, 5.41) is 16.7. The highest BCUT2D eigenvalue weighted by Crippen LogP contribution is 2.27. The summed E-state index contributed by atoms with van der Waals surface area (Å²) >= 11 is 0. The van der Waals surface area contributed by atoms with Crippen LogP contribution in [0.3, 0.4) is 0 Å². The molecule has 3 N–H and O–H groups in total. The van der Waals surface area contributed by atoms with E-state index in [0.29, 0.717) is 12.4 Å². The average Bonchev–Trinajstić information content (AvgIpc) is 2.87. The normalized spacial score (nSPS) is 21.0. The zero-order valence-corrected chi connectivity index (χ0v) is 20.6. The number of aliphatic hydroxyl groups excluding tert-OH is 1. The molecule has 35 heavy (non-hydrogen) atoms. The maximum Gasteiger partial charge on any atom is 0.270 e. The standard InChI is InChI=1S/C26H36N6O3/c1-31(2)26(35)19-7-9-21(10-8-19)30-24-13-23(28-17-29-24)25(34)27-14-22(33)16-32-12-11-18-5-3-4-6-20(18)15-32/h3-6,13,17,19,21-22,33H,7-12,14-16H2,1-2H3,(H,27,34)(H,28,29,30)/t19-,21+,22-/m0/s1. The van der Waals surface area contributed by atoms with Gasteiger partial charge in [-0.15, -0.1) is 0 Å². The van der Waals surface area contributed by atoms with Crippen LogP contribution in [0.25, 0.3) is 0 Å². The van der Waals surface area contributed by atoms with Gasteiger partial charge in [-0.25, -0.2) is 9.97 Å². The molecule has 1 aromatic carbocycles. The lowest BCUT2D eigenvalue weighted by atomic mass is 9.85. The van der Waals surface area contributed by atoms with Crippen LogP contribution in [0.1, 0.15) is 47.3 Å². The van der Waals surface area contributed by atoms with Gasteiger partial charge >= 0.3 is 0 Å². The summed E-state index contributed by atoms with van der Waals surface area (Å²) in [6.45, 7) is 2.37. The molecule has 0 saturated heterocycles. The molecule has 9 nitrogen and oxygen atoms in total. The molecule has 4 rings (SSSR count). The van der Waals surface area contributed by atoms with Gasteiger partial charge in [0, 0.05) is 58.3 Å². The van der Waals surface area contributed by atoms with Gasteiger partial charge in [-0.3, -0.25) is 14.5 Å². The molecule has 0 unspecified atom stereocenters. The quantitative estimate of drug-likeness (QED) is 0.527. The highest BCUT2D eigenvalue weighted by atomic mass is 16.3. The predicted octanol–water partition coefficient (Wildman–Crippen LogP) is 1.68. The van der Waals surface area contributed by atoms with E-state index in [2.05, 4.69) is 43.7 Å². The van der Waals surface area contributed by atoms with Crippen LogP contribution < -0.4 is 10.6 Å². The Labute approximate surface area is 206 Å². The van der Waals surface area contributed by atoms with Crippen LogP contribution in [0.2, 0.25) is 0 Å². The van der Waals surface area contributed by atoms with Gasteiger partial charge in [0.15, 0.2) is 0 Å². The molecule has 1 aliphatic heterocycles. The summed E-state index contributed by atoms with van der Waals surface area (Å²) < 4.78 is 0. The van der Waals surface area contributed by atoms with E-state index in [0.717, 1.165) is 45.2 Å². The summed E-state index contributed by atoms with van der Waals surface area (Å²) in [7, 11) is 3.60. The molecule has 9 heteroatoms. The number of nitrogens with one attached hydrogen (secondary N) is 2. The van der Waals surface area contributed by atoms with E-state index in [4.69, 9.17) is 0 Å². The van der Waals surface area contributed by atoms with Crippen LogP contribution in [0.4, 0.5) is 5.82 Å². The number of aromatic nitrogens is 2. The fourth-order valence-electron chi connectivity index (χ4n) is 4.99. The van der Waals surface area contributed by atoms with Crippen molar-refractivity contribution in [2.24, 2.45) is 5.92 Å². The van der Waals surface area contributed by atoms with Gasteiger partial charge in [-0.1, -0.05) is 24.3 Å². The Morgan fingerprint density at radius 2 is 1.89 bits per heavy atom. The van der Waals surface area contributed by atoms with Crippen LogP contribution in [0.5, 0.6) is 0 Å². The molecule has 2 aliphatic rings. The first-order chi connectivity index (χ1) is 16.9. The molecule has 188 valence electrons. The minimum Gasteiger partial charge on any atom is -0.390 e.